The third kappa shape index (κ3) is 2.94. The molecule has 1 aromatic carbocycles. The Kier molecular flexibility index (Phi) is 3.69. The molecule has 1 saturated heterocycles. The fourth-order valence-corrected chi connectivity index (χ4v) is 2.80. The summed E-state index contributed by atoms with van der Waals surface area (Å²) in [6, 6.07) is 10.4. The van der Waals surface area contributed by atoms with E-state index < -0.39 is 0 Å². The molecule has 0 saturated carbocycles. The molecule has 1 aliphatic heterocycles. The molecule has 0 spiro atoms. The maximum absolute atomic E-state index is 12.4. The zero-order valence-electron chi connectivity index (χ0n) is 12.6. The van der Waals surface area contributed by atoms with E-state index in [-0.39, 0.29) is 5.91 Å². The number of benzene rings is 1. The van der Waals surface area contributed by atoms with Crippen LogP contribution in [0.25, 0.3) is 0 Å². The molecule has 2 heterocycles. The molecule has 1 fully saturated rings. The maximum atomic E-state index is 12.4. The van der Waals surface area contributed by atoms with Crippen LogP contribution < -0.4 is 4.90 Å². The Labute approximate surface area is 125 Å². The molecule has 0 unspecified atom stereocenters. The number of anilines is 1. The van der Waals surface area contributed by atoms with Crippen LogP contribution in [0.5, 0.6) is 0 Å². The monoisotopic (exact) mass is 283 g/mol. The van der Waals surface area contributed by atoms with Gasteiger partial charge in [0.2, 0.25) is 0 Å². The van der Waals surface area contributed by atoms with E-state index in [0.717, 1.165) is 31.7 Å². The standard InChI is InChI=1S/C17H21N3O/c1-14-4-3-5-16(12-14)19-8-10-20(11-9-19)17(21)15-6-7-18(2)13-15/h3-7,12-13H,8-11H2,1-2H3. The van der Waals surface area contributed by atoms with Gasteiger partial charge in [-0.05, 0) is 30.7 Å². The molecule has 0 atom stereocenters. The predicted molar refractivity (Wildman–Crippen MR) is 84.7 cm³/mol. The highest BCUT2D eigenvalue weighted by Crippen LogP contribution is 2.18. The van der Waals surface area contributed by atoms with Gasteiger partial charge in [-0.15, -0.1) is 0 Å². The van der Waals surface area contributed by atoms with Gasteiger partial charge in [-0.3, -0.25) is 4.79 Å². The summed E-state index contributed by atoms with van der Waals surface area (Å²) in [4.78, 5) is 16.7. The maximum Gasteiger partial charge on any atom is 0.255 e. The smallest absolute Gasteiger partial charge is 0.255 e. The molecule has 0 N–H and O–H groups in total. The lowest BCUT2D eigenvalue weighted by atomic mass is 10.2. The van der Waals surface area contributed by atoms with Gasteiger partial charge in [0.1, 0.15) is 0 Å². The summed E-state index contributed by atoms with van der Waals surface area (Å²) in [7, 11) is 1.94. The zero-order valence-corrected chi connectivity index (χ0v) is 12.6. The van der Waals surface area contributed by atoms with Crippen LogP contribution >= 0.6 is 0 Å². The van der Waals surface area contributed by atoms with Gasteiger partial charge >= 0.3 is 0 Å². The number of aryl methyl sites for hydroxylation is 2. The number of hydrogen-bond acceptors (Lipinski definition) is 2. The van der Waals surface area contributed by atoms with Crippen molar-refractivity contribution in [3.8, 4) is 0 Å². The van der Waals surface area contributed by atoms with Gasteiger partial charge in [-0.25, -0.2) is 0 Å². The van der Waals surface area contributed by atoms with Gasteiger partial charge in [0.05, 0.1) is 5.56 Å². The highest BCUT2D eigenvalue weighted by molar-refractivity contribution is 5.94. The molecule has 0 bridgehead atoms. The van der Waals surface area contributed by atoms with Crippen molar-refractivity contribution >= 4 is 11.6 Å². The lowest BCUT2D eigenvalue weighted by molar-refractivity contribution is 0.0747. The van der Waals surface area contributed by atoms with Gasteiger partial charge < -0.3 is 14.4 Å². The predicted octanol–water partition coefficient (Wildman–Crippen LogP) is 2.30. The van der Waals surface area contributed by atoms with E-state index in [1.807, 2.05) is 35.0 Å². The summed E-state index contributed by atoms with van der Waals surface area (Å²) in [5, 5.41) is 0. The number of carbonyl (C=O) groups is 1. The molecule has 1 aliphatic rings. The first-order valence-corrected chi connectivity index (χ1v) is 7.36. The number of hydrogen-bond donors (Lipinski definition) is 0. The van der Waals surface area contributed by atoms with Crippen molar-refractivity contribution in [2.24, 2.45) is 7.05 Å². The molecule has 110 valence electrons. The van der Waals surface area contributed by atoms with Crippen LogP contribution in [-0.4, -0.2) is 41.6 Å². The summed E-state index contributed by atoms with van der Waals surface area (Å²) in [6.45, 7) is 5.45. The zero-order chi connectivity index (χ0) is 14.8. The van der Waals surface area contributed by atoms with Crippen LogP contribution in [0.3, 0.4) is 0 Å². The Morgan fingerprint density at radius 2 is 1.86 bits per heavy atom. The van der Waals surface area contributed by atoms with E-state index >= 15 is 0 Å². The molecule has 0 radical (unpaired) electrons. The average molecular weight is 283 g/mol. The molecule has 1 aromatic heterocycles. The van der Waals surface area contributed by atoms with Gasteiger partial charge in [0, 0.05) is 51.3 Å². The first-order valence-electron chi connectivity index (χ1n) is 7.36. The van der Waals surface area contributed by atoms with Crippen molar-refractivity contribution in [1.29, 1.82) is 0 Å². The Morgan fingerprint density at radius 1 is 1.10 bits per heavy atom. The highest BCUT2D eigenvalue weighted by Gasteiger charge is 2.22. The SMILES string of the molecule is Cc1cccc(N2CCN(C(=O)c3ccn(C)c3)CC2)c1. The molecule has 2 aromatic rings. The van der Waals surface area contributed by atoms with Crippen molar-refractivity contribution in [1.82, 2.24) is 9.47 Å². The average Bonchev–Trinajstić information content (AvgIpc) is 2.93. The quantitative estimate of drug-likeness (QED) is 0.846. The normalized spacial score (nSPS) is 15.3. The lowest BCUT2D eigenvalue weighted by Gasteiger charge is -2.36. The molecular weight excluding hydrogens is 262 g/mol. The van der Waals surface area contributed by atoms with Crippen molar-refractivity contribution in [2.45, 2.75) is 6.92 Å². The minimum Gasteiger partial charge on any atom is -0.368 e. The largest absolute Gasteiger partial charge is 0.368 e. The Bertz CT molecular complexity index is 639. The number of amides is 1. The minimum atomic E-state index is 0.138. The van der Waals surface area contributed by atoms with E-state index in [1.54, 1.807) is 0 Å². The van der Waals surface area contributed by atoms with Gasteiger partial charge in [-0.1, -0.05) is 12.1 Å². The molecule has 3 rings (SSSR count). The first-order chi connectivity index (χ1) is 10.1. The van der Waals surface area contributed by atoms with Gasteiger partial charge in [-0.2, -0.15) is 0 Å². The van der Waals surface area contributed by atoms with E-state index in [9.17, 15) is 4.79 Å². The summed E-state index contributed by atoms with van der Waals surface area (Å²) < 4.78 is 1.91. The van der Waals surface area contributed by atoms with Crippen molar-refractivity contribution < 1.29 is 4.79 Å². The highest BCUT2D eigenvalue weighted by atomic mass is 16.2. The van der Waals surface area contributed by atoms with Crippen LogP contribution in [0.4, 0.5) is 5.69 Å². The van der Waals surface area contributed by atoms with E-state index in [2.05, 4.69) is 36.1 Å². The second kappa shape index (κ2) is 5.64. The number of rotatable bonds is 2. The van der Waals surface area contributed by atoms with Crippen LogP contribution in [0.1, 0.15) is 15.9 Å². The molecular formula is C17H21N3O. The Balaban J connectivity index is 1.64. The summed E-state index contributed by atoms with van der Waals surface area (Å²) in [5.74, 6) is 0.138. The van der Waals surface area contributed by atoms with Crippen molar-refractivity contribution in [2.75, 3.05) is 31.1 Å². The first kappa shape index (κ1) is 13.7. The Morgan fingerprint density at radius 3 is 2.48 bits per heavy atom. The molecule has 0 aliphatic carbocycles. The van der Waals surface area contributed by atoms with Crippen LogP contribution in [0, 0.1) is 6.92 Å². The summed E-state index contributed by atoms with van der Waals surface area (Å²) in [5.41, 5.74) is 3.30. The summed E-state index contributed by atoms with van der Waals surface area (Å²) >= 11 is 0. The van der Waals surface area contributed by atoms with Gasteiger partial charge in [0.25, 0.3) is 5.91 Å². The van der Waals surface area contributed by atoms with E-state index in [4.69, 9.17) is 0 Å². The van der Waals surface area contributed by atoms with Crippen LogP contribution in [0.15, 0.2) is 42.7 Å². The fraction of sp³-hybridized carbons (Fsp3) is 0.353. The number of nitrogens with zero attached hydrogens (tertiary/aromatic N) is 3. The van der Waals surface area contributed by atoms with Crippen molar-refractivity contribution in [3.63, 3.8) is 0 Å². The van der Waals surface area contributed by atoms with Crippen LogP contribution in [-0.2, 0) is 7.05 Å². The van der Waals surface area contributed by atoms with Crippen molar-refractivity contribution in [3.05, 3.63) is 53.9 Å². The second-order valence-corrected chi connectivity index (χ2v) is 5.68. The molecule has 4 nitrogen and oxygen atoms in total. The summed E-state index contributed by atoms with van der Waals surface area (Å²) in [6.07, 6.45) is 3.80. The number of piperazine rings is 1. The van der Waals surface area contributed by atoms with Crippen LogP contribution in [0.2, 0.25) is 0 Å². The van der Waals surface area contributed by atoms with E-state index in [0.29, 0.717) is 0 Å². The Hall–Kier alpha value is -2.23. The topological polar surface area (TPSA) is 28.5 Å². The van der Waals surface area contributed by atoms with E-state index in [1.165, 1.54) is 11.3 Å². The lowest BCUT2D eigenvalue weighted by Crippen LogP contribution is -2.48. The molecule has 21 heavy (non-hydrogen) atoms. The molecule has 1 amide bonds. The minimum absolute atomic E-state index is 0.138. The third-order valence-electron chi connectivity index (χ3n) is 4.01. The number of carbonyl (C=O) groups excluding carboxylic acids is 1. The second-order valence-electron chi connectivity index (χ2n) is 5.68. The van der Waals surface area contributed by atoms with Gasteiger partial charge in [0.15, 0.2) is 0 Å². The molecule has 4 heteroatoms. The fourth-order valence-electron chi connectivity index (χ4n) is 2.80. The third-order valence-corrected chi connectivity index (χ3v) is 4.01. The number of aromatic nitrogens is 1.